The van der Waals surface area contributed by atoms with Crippen LogP contribution in [0.15, 0.2) is 0 Å². The second kappa shape index (κ2) is 12.4. The van der Waals surface area contributed by atoms with E-state index < -0.39 is 7.82 Å². The number of hydrogen-bond donors (Lipinski definition) is 5. The number of hydrogen-bond acceptors (Lipinski definition) is 3. The van der Waals surface area contributed by atoms with Crippen molar-refractivity contribution in [3.05, 3.63) is 0 Å². The molecule has 0 rings (SSSR count). The van der Waals surface area contributed by atoms with E-state index in [0.29, 0.717) is 0 Å². The average molecular weight is 234 g/mol. The summed E-state index contributed by atoms with van der Waals surface area (Å²) in [5, 5.41) is 8.06. The largest absolute Gasteiger partial charge is 0.466 e. The Balaban J connectivity index is -0.000000117. The van der Waals surface area contributed by atoms with Crippen LogP contribution in [-0.4, -0.2) is 31.6 Å². The van der Waals surface area contributed by atoms with Gasteiger partial charge in [0.25, 0.3) is 0 Å². The minimum absolute atomic E-state index is 0.167. The smallest absolute Gasteiger partial charge is 0.394 e. The van der Waals surface area contributed by atoms with Crippen LogP contribution in [-0.2, 0) is 4.57 Å². The van der Waals surface area contributed by atoms with Crippen LogP contribution in [0.1, 0.15) is 27.2 Å². The molecule has 0 saturated carbocycles. The average Bonchev–Trinajstić information content (AvgIpc) is 1.82. The van der Waals surface area contributed by atoms with E-state index in [-0.39, 0.29) is 6.10 Å². The third-order valence-corrected chi connectivity index (χ3v) is 0.671. The van der Waals surface area contributed by atoms with Gasteiger partial charge in [0.05, 0.1) is 0 Å². The van der Waals surface area contributed by atoms with Crippen LogP contribution in [0.25, 0.3) is 0 Å². The van der Waals surface area contributed by atoms with Crippen molar-refractivity contribution < 1.29 is 24.4 Å². The van der Waals surface area contributed by atoms with E-state index in [1.165, 1.54) is 6.42 Å². The van der Waals surface area contributed by atoms with Crippen LogP contribution < -0.4 is 0 Å². The number of aliphatic hydroxyl groups is 1. The summed E-state index contributed by atoms with van der Waals surface area (Å²) in [4.78, 5) is 21.6. The van der Waals surface area contributed by atoms with Crippen molar-refractivity contribution in [2.24, 2.45) is 0 Å². The Bertz CT molecular complexity index is 111. The summed E-state index contributed by atoms with van der Waals surface area (Å²) in [5.41, 5.74) is 0. The summed E-state index contributed by atoms with van der Waals surface area (Å²) >= 11 is 3.92. The van der Waals surface area contributed by atoms with Gasteiger partial charge in [-0.15, -0.1) is 0 Å². The number of thiol groups is 1. The summed E-state index contributed by atoms with van der Waals surface area (Å²) in [6, 6.07) is 0. The molecule has 0 saturated heterocycles. The summed E-state index contributed by atoms with van der Waals surface area (Å²) in [5.74, 6) is 1.01. The number of phosphoric acid groups is 1. The first kappa shape index (κ1) is 19.1. The van der Waals surface area contributed by atoms with E-state index in [9.17, 15) is 0 Å². The van der Waals surface area contributed by atoms with Crippen LogP contribution in [0.2, 0.25) is 0 Å². The van der Waals surface area contributed by atoms with Gasteiger partial charge in [0.15, 0.2) is 0 Å². The number of rotatable bonds is 1. The highest BCUT2D eigenvalue weighted by Gasteiger charge is 2.00. The molecule has 0 fully saturated rings. The molecule has 0 aromatic heterocycles. The van der Waals surface area contributed by atoms with Gasteiger partial charge >= 0.3 is 7.82 Å². The molecule has 13 heavy (non-hydrogen) atoms. The van der Waals surface area contributed by atoms with Gasteiger partial charge in [-0.25, -0.2) is 4.57 Å². The zero-order chi connectivity index (χ0) is 11.5. The van der Waals surface area contributed by atoms with E-state index in [1.807, 2.05) is 0 Å². The molecule has 0 atom stereocenters. The Morgan fingerprint density at radius 1 is 1.31 bits per heavy atom. The van der Waals surface area contributed by atoms with E-state index in [1.54, 1.807) is 13.8 Å². The molecule has 0 amide bonds. The fourth-order valence-corrected chi connectivity index (χ4v) is 0. The van der Waals surface area contributed by atoms with E-state index in [2.05, 4.69) is 19.6 Å². The zero-order valence-corrected chi connectivity index (χ0v) is 9.87. The summed E-state index contributed by atoms with van der Waals surface area (Å²) in [6.45, 7) is 5.55. The molecular formula is C6H19O5PS. The lowest BCUT2D eigenvalue weighted by Crippen LogP contribution is -1.85. The molecule has 0 aromatic carbocycles. The fraction of sp³-hybridized carbons (Fsp3) is 1.00. The van der Waals surface area contributed by atoms with Crippen molar-refractivity contribution in [3.63, 3.8) is 0 Å². The molecule has 5 nitrogen and oxygen atoms in total. The van der Waals surface area contributed by atoms with E-state index in [0.717, 1.165) is 5.75 Å². The highest BCUT2D eigenvalue weighted by Crippen LogP contribution is 2.25. The Morgan fingerprint density at radius 2 is 1.38 bits per heavy atom. The third-order valence-electron chi connectivity index (χ3n) is 0.224. The lowest BCUT2D eigenvalue weighted by Gasteiger charge is -1.82. The summed E-state index contributed by atoms with van der Waals surface area (Å²) in [7, 11) is -4.64. The topological polar surface area (TPSA) is 98.0 Å². The highest BCUT2D eigenvalue weighted by atomic mass is 32.1. The van der Waals surface area contributed by atoms with Crippen LogP contribution in [0.4, 0.5) is 0 Å². The third kappa shape index (κ3) is 669. The Morgan fingerprint density at radius 3 is 1.38 bits per heavy atom. The quantitative estimate of drug-likeness (QED) is 0.341. The van der Waals surface area contributed by atoms with Crippen LogP contribution in [0.3, 0.4) is 0 Å². The fourth-order valence-electron chi connectivity index (χ4n) is 0. The van der Waals surface area contributed by atoms with Gasteiger partial charge < -0.3 is 19.8 Å². The molecule has 0 unspecified atom stereocenters. The summed E-state index contributed by atoms with van der Waals surface area (Å²) < 4.78 is 8.88. The van der Waals surface area contributed by atoms with E-state index in [4.69, 9.17) is 24.4 Å². The normalized spacial score (nSPS) is 9.62. The SMILES string of the molecule is CC(C)O.CCCS.O=P(O)(O)O. The number of aliphatic hydroxyl groups excluding tert-OH is 1. The maximum Gasteiger partial charge on any atom is 0.466 e. The first-order chi connectivity index (χ1) is 5.65. The molecule has 84 valence electrons. The maximum absolute atomic E-state index is 8.88. The Labute approximate surface area is 84.5 Å². The van der Waals surface area contributed by atoms with Crippen LogP contribution in [0, 0.1) is 0 Å². The molecule has 0 spiro atoms. The minimum atomic E-state index is -4.64. The molecule has 0 bridgehead atoms. The van der Waals surface area contributed by atoms with Crippen molar-refractivity contribution in [1.82, 2.24) is 0 Å². The molecule has 0 radical (unpaired) electrons. The second-order valence-corrected chi connectivity index (χ2v) is 3.80. The van der Waals surface area contributed by atoms with Crippen molar-refractivity contribution in [2.75, 3.05) is 5.75 Å². The van der Waals surface area contributed by atoms with Crippen LogP contribution >= 0.6 is 20.5 Å². The van der Waals surface area contributed by atoms with Crippen molar-refractivity contribution in [2.45, 2.75) is 33.3 Å². The molecule has 7 heteroatoms. The predicted octanol–water partition coefficient (Wildman–Crippen LogP) is 0.785. The predicted molar refractivity (Wildman–Crippen MR) is 55.8 cm³/mol. The lowest BCUT2D eigenvalue weighted by atomic mass is 10.5. The first-order valence-corrected chi connectivity index (χ1v) is 5.92. The Hall–Kier alpha value is 0.420. The van der Waals surface area contributed by atoms with Gasteiger partial charge in [-0.05, 0) is 26.0 Å². The van der Waals surface area contributed by atoms with Gasteiger partial charge in [0.2, 0.25) is 0 Å². The standard InChI is InChI=1S/C3H8O.C3H8S.H3O4P/c1-3(2)4;1-2-3-4;1-5(2,3)4/h3-4H,1-2H3;4H,2-3H2,1H3;(H3,1,2,3,4). The van der Waals surface area contributed by atoms with Gasteiger partial charge in [-0.3, -0.25) is 0 Å². The highest BCUT2D eigenvalue weighted by molar-refractivity contribution is 7.80. The lowest BCUT2D eigenvalue weighted by molar-refractivity contribution is 0.216. The molecule has 4 N–H and O–H groups in total. The van der Waals surface area contributed by atoms with Crippen molar-refractivity contribution in [3.8, 4) is 0 Å². The monoisotopic (exact) mass is 234 g/mol. The van der Waals surface area contributed by atoms with Gasteiger partial charge in [0, 0.05) is 6.10 Å². The molecule has 0 aliphatic rings. The molecular weight excluding hydrogens is 215 g/mol. The minimum Gasteiger partial charge on any atom is -0.394 e. The molecule has 0 aromatic rings. The maximum atomic E-state index is 8.88. The van der Waals surface area contributed by atoms with Gasteiger partial charge in [-0.2, -0.15) is 12.6 Å². The summed E-state index contributed by atoms with van der Waals surface area (Å²) in [6.07, 6.45) is 1.02. The van der Waals surface area contributed by atoms with Crippen molar-refractivity contribution >= 4 is 20.5 Å². The first-order valence-electron chi connectivity index (χ1n) is 3.72. The molecule has 0 aliphatic heterocycles. The second-order valence-electron chi connectivity index (χ2n) is 2.33. The van der Waals surface area contributed by atoms with Gasteiger partial charge in [-0.1, -0.05) is 6.92 Å². The van der Waals surface area contributed by atoms with Gasteiger partial charge in [0.1, 0.15) is 0 Å². The van der Waals surface area contributed by atoms with Crippen molar-refractivity contribution in [1.29, 1.82) is 0 Å². The van der Waals surface area contributed by atoms with E-state index >= 15 is 0 Å². The zero-order valence-electron chi connectivity index (χ0n) is 8.08. The Kier molecular flexibility index (Phi) is 18.2. The molecule has 0 heterocycles. The van der Waals surface area contributed by atoms with Crippen LogP contribution in [0.5, 0.6) is 0 Å². The molecule has 0 aliphatic carbocycles.